The molecule has 1 aliphatic rings. The van der Waals surface area contributed by atoms with Crippen molar-refractivity contribution in [2.75, 3.05) is 6.54 Å². The highest BCUT2D eigenvalue weighted by atomic mass is 16.5. The standard InChI is InChI=1S/C22H24N2O4/c1-14(2)28-17-8-6-7-16(13-17)15(3)23-20(25)11-12-24-21(26)18-9-4-5-10-19(18)22(24)27/h4-10,13-15H,11-12H2,1-3H3,(H,23,25)/t15-/m0/s1. The Labute approximate surface area is 164 Å². The van der Waals surface area contributed by atoms with Crippen LogP contribution in [0.4, 0.5) is 0 Å². The molecule has 3 amide bonds. The maximum absolute atomic E-state index is 12.3. The van der Waals surface area contributed by atoms with Gasteiger partial charge in [-0.2, -0.15) is 0 Å². The number of hydrogen-bond acceptors (Lipinski definition) is 4. The Balaban J connectivity index is 1.56. The molecule has 6 nitrogen and oxygen atoms in total. The minimum absolute atomic E-state index is 0.0536. The fourth-order valence-corrected chi connectivity index (χ4v) is 3.18. The van der Waals surface area contributed by atoms with E-state index in [1.54, 1.807) is 24.3 Å². The third-order valence-electron chi connectivity index (χ3n) is 4.55. The lowest BCUT2D eigenvalue weighted by Crippen LogP contribution is -2.35. The Morgan fingerprint density at radius 3 is 2.25 bits per heavy atom. The van der Waals surface area contributed by atoms with Crippen LogP contribution in [0.1, 0.15) is 59.5 Å². The summed E-state index contributed by atoms with van der Waals surface area (Å²) in [5, 5.41) is 2.91. The molecular formula is C22H24N2O4. The Morgan fingerprint density at radius 1 is 1.00 bits per heavy atom. The summed E-state index contributed by atoms with van der Waals surface area (Å²) in [5.41, 5.74) is 1.71. The third-order valence-corrected chi connectivity index (χ3v) is 4.55. The lowest BCUT2D eigenvalue weighted by atomic mass is 10.1. The average molecular weight is 380 g/mol. The van der Waals surface area contributed by atoms with Gasteiger partial charge < -0.3 is 10.1 Å². The molecule has 1 N–H and O–H groups in total. The van der Waals surface area contributed by atoms with Crippen molar-refractivity contribution in [2.45, 2.75) is 39.3 Å². The highest BCUT2D eigenvalue weighted by molar-refractivity contribution is 6.21. The minimum Gasteiger partial charge on any atom is -0.491 e. The van der Waals surface area contributed by atoms with Crippen molar-refractivity contribution in [3.63, 3.8) is 0 Å². The molecule has 0 fully saturated rings. The second-order valence-electron chi connectivity index (χ2n) is 7.09. The number of benzene rings is 2. The van der Waals surface area contributed by atoms with E-state index in [-0.39, 0.29) is 42.8 Å². The van der Waals surface area contributed by atoms with E-state index in [1.807, 2.05) is 45.0 Å². The zero-order chi connectivity index (χ0) is 20.3. The number of fused-ring (bicyclic) bond motifs is 1. The number of amides is 3. The Hall–Kier alpha value is -3.15. The van der Waals surface area contributed by atoms with Gasteiger partial charge in [0.05, 0.1) is 23.3 Å². The molecule has 1 aliphatic heterocycles. The van der Waals surface area contributed by atoms with Gasteiger partial charge in [-0.3, -0.25) is 19.3 Å². The summed E-state index contributed by atoms with van der Waals surface area (Å²) >= 11 is 0. The fourth-order valence-electron chi connectivity index (χ4n) is 3.18. The predicted molar refractivity (Wildman–Crippen MR) is 105 cm³/mol. The van der Waals surface area contributed by atoms with Gasteiger partial charge >= 0.3 is 0 Å². The second kappa shape index (κ2) is 8.25. The van der Waals surface area contributed by atoms with Crippen LogP contribution >= 0.6 is 0 Å². The molecule has 0 spiro atoms. The van der Waals surface area contributed by atoms with Crippen LogP contribution in [0.5, 0.6) is 5.75 Å². The molecule has 0 unspecified atom stereocenters. The summed E-state index contributed by atoms with van der Waals surface area (Å²) in [6, 6.07) is 14.1. The second-order valence-corrected chi connectivity index (χ2v) is 7.09. The first-order valence-corrected chi connectivity index (χ1v) is 9.38. The summed E-state index contributed by atoms with van der Waals surface area (Å²) in [5.74, 6) is -0.168. The molecule has 1 atom stereocenters. The van der Waals surface area contributed by atoms with E-state index in [4.69, 9.17) is 4.74 Å². The van der Waals surface area contributed by atoms with E-state index in [0.717, 1.165) is 16.2 Å². The molecule has 2 aromatic rings. The molecule has 1 heterocycles. The first-order valence-electron chi connectivity index (χ1n) is 9.38. The van der Waals surface area contributed by atoms with Crippen LogP contribution in [0.15, 0.2) is 48.5 Å². The van der Waals surface area contributed by atoms with Gasteiger partial charge in [-0.15, -0.1) is 0 Å². The zero-order valence-corrected chi connectivity index (χ0v) is 16.3. The van der Waals surface area contributed by atoms with Crippen LogP contribution in [-0.4, -0.2) is 35.3 Å². The van der Waals surface area contributed by atoms with Crippen LogP contribution in [0.3, 0.4) is 0 Å². The molecule has 28 heavy (non-hydrogen) atoms. The van der Waals surface area contributed by atoms with Crippen molar-refractivity contribution in [3.05, 3.63) is 65.2 Å². The third kappa shape index (κ3) is 4.22. The predicted octanol–water partition coefficient (Wildman–Crippen LogP) is 3.34. The number of ether oxygens (including phenoxy) is 1. The molecule has 0 saturated carbocycles. The van der Waals surface area contributed by atoms with E-state index in [9.17, 15) is 14.4 Å². The monoisotopic (exact) mass is 380 g/mol. The maximum Gasteiger partial charge on any atom is 0.261 e. The highest BCUT2D eigenvalue weighted by Gasteiger charge is 2.35. The number of imide groups is 1. The smallest absolute Gasteiger partial charge is 0.261 e. The van der Waals surface area contributed by atoms with E-state index in [0.29, 0.717) is 11.1 Å². The minimum atomic E-state index is -0.347. The lowest BCUT2D eigenvalue weighted by molar-refractivity contribution is -0.121. The quantitative estimate of drug-likeness (QED) is 0.748. The molecule has 0 aromatic heterocycles. The summed E-state index contributed by atoms with van der Waals surface area (Å²) in [6.07, 6.45) is 0.123. The first-order chi connectivity index (χ1) is 13.4. The highest BCUT2D eigenvalue weighted by Crippen LogP contribution is 2.23. The van der Waals surface area contributed by atoms with Crippen LogP contribution in [0, 0.1) is 0 Å². The van der Waals surface area contributed by atoms with Gasteiger partial charge in [-0.1, -0.05) is 24.3 Å². The number of carbonyl (C=O) groups is 3. The van der Waals surface area contributed by atoms with Gasteiger partial charge in [0.25, 0.3) is 11.8 Å². The molecule has 0 aliphatic carbocycles. The van der Waals surface area contributed by atoms with Crippen molar-refractivity contribution >= 4 is 17.7 Å². The molecular weight excluding hydrogens is 356 g/mol. The summed E-state index contributed by atoms with van der Waals surface area (Å²) in [4.78, 5) is 38.2. The molecule has 3 rings (SSSR count). The largest absolute Gasteiger partial charge is 0.491 e. The van der Waals surface area contributed by atoms with Crippen LogP contribution in [0.25, 0.3) is 0 Å². The van der Waals surface area contributed by atoms with Crippen molar-refractivity contribution < 1.29 is 19.1 Å². The van der Waals surface area contributed by atoms with Gasteiger partial charge in [-0.05, 0) is 50.6 Å². The first kappa shape index (κ1) is 19.6. The number of nitrogens with zero attached hydrogens (tertiary/aromatic N) is 1. The van der Waals surface area contributed by atoms with Crippen molar-refractivity contribution in [3.8, 4) is 5.75 Å². The SMILES string of the molecule is CC(C)Oc1cccc([C@H](C)NC(=O)CCN2C(=O)c3ccccc3C2=O)c1. The molecule has 146 valence electrons. The topological polar surface area (TPSA) is 75.7 Å². The summed E-state index contributed by atoms with van der Waals surface area (Å²) < 4.78 is 5.68. The number of rotatable bonds is 7. The average Bonchev–Trinajstić information content (AvgIpc) is 2.90. The zero-order valence-electron chi connectivity index (χ0n) is 16.3. The van der Waals surface area contributed by atoms with Gasteiger partial charge in [-0.25, -0.2) is 0 Å². The van der Waals surface area contributed by atoms with Crippen LogP contribution in [-0.2, 0) is 4.79 Å². The molecule has 0 radical (unpaired) electrons. The number of nitrogens with one attached hydrogen (secondary N) is 1. The number of carbonyl (C=O) groups excluding carboxylic acids is 3. The normalized spacial score (nSPS) is 14.2. The van der Waals surface area contributed by atoms with Crippen LogP contribution < -0.4 is 10.1 Å². The van der Waals surface area contributed by atoms with Gasteiger partial charge in [0.1, 0.15) is 5.75 Å². The Bertz CT molecular complexity index is 872. The maximum atomic E-state index is 12.3. The van der Waals surface area contributed by atoms with E-state index in [2.05, 4.69) is 5.32 Å². The number of hydrogen-bond donors (Lipinski definition) is 1. The molecule has 0 bridgehead atoms. The van der Waals surface area contributed by atoms with Crippen molar-refractivity contribution in [1.82, 2.24) is 10.2 Å². The van der Waals surface area contributed by atoms with Gasteiger partial charge in [0.2, 0.25) is 5.91 Å². The summed E-state index contributed by atoms with van der Waals surface area (Å²) in [6.45, 7) is 5.85. The van der Waals surface area contributed by atoms with E-state index in [1.165, 1.54) is 0 Å². The van der Waals surface area contributed by atoms with Gasteiger partial charge in [0, 0.05) is 13.0 Å². The molecule has 6 heteroatoms. The Kier molecular flexibility index (Phi) is 5.78. The lowest BCUT2D eigenvalue weighted by Gasteiger charge is -2.18. The van der Waals surface area contributed by atoms with Crippen molar-refractivity contribution in [1.29, 1.82) is 0 Å². The fraction of sp³-hybridized carbons (Fsp3) is 0.318. The molecule has 0 saturated heterocycles. The molecule has 2 aromatic carbocycles. The van der Waals surface area contributed by atoms with Crippen LogP contribution in [0.2, 0.25) is 0 Å². The van der Waals surface area contributed by atoms with E-state index >= 15 is 0 Å². The van der Waals surface area contributed by atoms with E-state index < -0.39 is 0 Å². The van der Waals surface area contributed by atoms with Gasteiger partial charge in [0.15, 0.2) is 0 Å². The van der Waals surface area contributed by atoms with Crippen molar-refractivity contribution in [2.24, 2.45) is 0 Å². The Morgan fingerprint density at radius 2 is 1.64 bits per heavy atom. The summed E-state index contributed by atoms with van der Waals surface area (Å²) in [7, 11) is 0.